The van der Waals surface area contributed by atoms with Crippen LogP contribution >= 0.6 is 0 Å². The van der Waals surface area contributed by atoms with Crippen LogP contribution in [0.25, 0.3) is 0 Å². The average molecular weight is 224 g/mol. The number of piperazine rings is 1. The van der Waals surface area contributed by atoms with Gasteiger partial charge in [-0.3, -0.25) is 9.80 Å². The van der Waals surface area contributed by atoms with Crippen LogP contribution in [-0.4, -0.2) is 47.1 Å². The molecule has 2 aliphatic heterocycles. The molecule has 0 radical (unpaired) electrons. The average Bonchev–Trinajstić information content (AvgIpc) is 2.28. The molecule has 0 saturated carbocycles. The molecular weight excluding hydrogens is 196 g/mol. The molecule has 2 nitrogen and oxygen atoms in total. The molecule has 2 unspecified atom stereocenters. The third-order valence-corrected chi connectivity index (χ3v) is 4.83. The van der Waals surface area contributed by atoms with Crippen LogP contribution in [-0.2, 0) is 0 Å². The quantitative estimate of drug-likeness (QED) is 0.711. The van der Waals surface area contributed by atoms with Gasteiger partial charge in [0.2, 0.25) is 0 Å². The SMILES string of the molecule is CCC(C)(C)N1CC2CCCCN2CC1C. The highest BCUT2D eigenvalue weighted by atomic mass is 15.3. The van der Waals surface area contributed by atoms with Crippen molar-refractivity contribution in [1.82, 2.24) is 9.80 Å². The summed E-state index contributed by atoms with van der Waals surface area (Å²) in [5.74, 6) is 0. The zero-order valence-electron chi connectivity index (χ0n) is 11.5. The fourth-order valence-electron chi connectivity index (χ4n) is 3.40. The molecule has 2 atom stereocenters. The summed E-state index contributed by atoms with van der Waals surface area (Å²) >= 11 is 0. The van der Waals surface area contributed by atoms with Crippen molar-refractivity contribution in [1.29, 1.82) is 0 Å². The molecule has 16 heavy (non-hydrogen) atoms. The van der Waals surface area contributed by atoms with Crippen molar-refractivity contribution in [2.24, 2.45) is 0 Å². The van der Waals surface area contributed by atoms with E-state index in [0.29, 0.717) is 5.54 Å². The maximum atomic E-state index is 2.75. The molecule has 0 aromatic carbocycles. The Labute approximate surface area is 101 Å². The van der Waals surface area contributed by atoms with Gasteiger partial charge in [0.1, 0.15) is 0 Å². The zero-order chi connectivity index (χ0) is 11.8. The highest BCUT2D eigenvalue weighted by Crippen LogP contribution is 2.30. The summed E-state index contributed by atoms with van der Waals surface area (Å²) in [4.78, 5) is 5.48. The standard InChI is InChI=1S/C14H28N2/c1-5-14(3,4)16-11-13-8-6-7-9-15(13)10-12(16)2/h12-13H,5-11H2,1-4H3. The van der Waals surface area contributed by atoms with E-state index in [0.717, 1.165) is 12.1 Å². The van der Waals surface area contributed by atoms with Crippen LogP contribution in [0.3, 0.4) is 0 Å². The van der Waals surface area contributed by atoms with E-state index in [1.54, 1.807) is 0 Å². The third kappa shape index (κ3) is 2.28. The van der Waals surface area contributed by atoms with E-state index in [9.17, 15) is 0 Å². The Hall–Kier alpha value is -0.0800. The van der Waals surface area contributed by atoms with Crippen LogP contribution in [0.4, 0.5) is 0 Å². The van der Waals surface area contributed by atoms with Gasteiger partial charge in [-0.15, -0.1) is 0 Å². The van der Waals surface area contributed by atoms with Crippen LogP contribution in [0.15, 0.2) is 0 Å². The second-order valence-corrected chi connectivity index (χ2v) is 6.31. The van der Waals surface area contributed by atoms with Crippen LogP contribution in [0.1, 0.15) is 53.4 Å². The summed E-state index contributed by atoms with van der Waals surface area (Å²) in [6.07, 6.45) is 5.53. The summed E-state index contributed by atoms with van der Waals surface area (Å²) in [6, 6.07) is 1.57. The number of rotatable bonds is 2. The highest BCUT2D eigenvalue weighted by Gasteiger charge is 2.38. The number of fused-ring (bicyclic) bond motifs is 1. The minimum atomic E-state index is 0.378. The molecule has 0 N–H and O–H groups in total. The Morgan fingerprint density at radius 3 is 2.62 bits per heavy atom. The molecule has 2 heterocycles. The molecule has 94 valence electrons. The first-order valence-corrected chi connectivity index (χ1v) is 7.05. The van der Waals surface area contributed by atoms with Gasteiger partial charge in [0.15, 0.2) is 0 Å². The second kappa shape index (κ2) is 4.66. The van der Waals surface area contributed by atoms with Gasteiger partial charge in [-0.25, -0.2) is 0 Å². The molecule has 2 saturated heterocycles. The lowest BCUT2D eigenvalue weighted by atomic mass is 9.90. The molecule has 0 aromatic rings. The minimum absolute atomic E-state index is 0.378. The first kappa shape index (κ1) is 12.4. The van der Waals surface area contributed by atoms with Gasteiger partial charge >= 0.3 is 0 Å². The van der Waals surface area contributed by atoms with E-state index in [2.05, 4.69) is 37.5 Å². The Kier molecular flexibility index (Phi) is 3.60. The maximum absolute atomic E-state index is 2.75. The van der Waals surface area contributed by atoms with E-state index in [1.165, 1.54) is 45.3 Å². The Bertz CT molecular complexity index is 237. The van der Waals surface area contributed by atoms with Crippen molar-refractivity contribution in [3.8, 4) is 0 Å². The third-order valence-electron chi connectivity index (χ3n) is 4.83. The lowest BCUT2D eigenvalue weighted by Crippen LogP contribution is -2.63. The van der Waals surface area contributed by atoms with Crippen molar-refractivity contribution in [2.75, 3.05) is 19.6 Å². The molecule has 0 bridgehead atoms. The summed E-state index contributed by atoms with van der Waals surface area (Å²) < 4.78 is 0. The first-order chi connectivity index (χ1) is 7.54. The van der Waals surface area contributed by atoms with Gasteiger partial charge in [0.05, 0.1) is 0 Å². The van der Waals surface area contributed by atoms with Crippen LogP contribution < -0.4 is 0 Å². The Morgan fingerprint density at radius 2 is 1.94 bits per heavy atom. The molecule has 0 amide bonds. The number of nitrogens with zero attached hydrogens (tertiary/aromatic N) is 2. The topological polar surface area (TPSA) is 6.48 Å². The molecule has 2 rings (SSSR count). The van der Waals surface area contributed by atoms with E-state index in [1.807, 2.05) is 0 Å². The highest BCUT2D eigenvalue weighted by molar-refractivity contribution is 4.94. The summed E-state index contributed by atoms with van der Waals surface area (Å²) in [7, 11) is 0. The van der Waals surface area contributed by atoms with Crippen molar-refractivity contribution in [3.63, 3.8) is 0 Å². The molecule has 2 aliphatic rings. The van der Waals surface area contributed by atoms with Crippen molar-refractivity contribution in [2.45, 2.75) is 71.0 Å². The van der Waals surface area contributed by atoms with E-state index >= 15 is 0 Å². The van der Waals surface area contributed by atoms with Gasteiger partial charge in [0, 0.05) is 30.7 Å². The van der Waals surface area contributed by atoms with Gasteiger partial charge in [-0.2, -0.15) is 0 Å². The van der Waals surface area contributed by atoms with Crippen LogP contribution in [0, 0.1) is 0 Å². The number of piperidine rings is 1. The van der Waals surface area contributed by atoms with Gasteiger partial charge in [-0.1, -0.05) is 13.3 Å². The van der Waals surface area contributed by atoms with E-state index in [4.69, 9.17) is 0 Å². The largest absolute Gasteiger partial charge is 0.298 e. The number of hydrogen-bond acceptors (Lipinski definition) is 2. The van der Waals surface area contributed by atoms with E-state index < -0.39 is 0 Å². The lowest BCUT2D eigenvalue weighted by molar-refractivity contribution is -0.0367. The monoisotopic (exact) mass is 224 g/mol. The van der Waals surface area contributed by atoms with E-state index in [-0.39, 0.29) is 0 Å². The van der Waals surface area contributed by atoms with Crippen LogP contribution in [0.5, 0.6) is 0 Å². The fraction of sp³-hybridized carbons (Fsp3) is 1.00. The summed E-state index contributed by atoms with van der Waals surface area (Å²) in [6.45, 7) is 13.5. The normalized spacial score (nSPS) is 33.8. The predicted octanol–water partition coefficient (Wildman–Crippen LogP) is 2.73. The smallest absolute Gasteiger partial charge is 0.0224 e. The van der Waals surface area contributed by atoms with Crippen LogP contribution in [0.2, 0.25) is 0 Å². The zero-order valence-corrected chi connectivity index (χ0v) is 11.5. The minimum Gasteiger partial charge on any atom is -0.298 e. The molecule has 0 aliphatic carbocycles. The van der Waals surface area contributed by atoms with Crippen molar-refractivity contribution < 1.29 is 0 Å². The second-order valence-electron chi connectivity index (χ2n) is 6.31. The summed E-state index contributed by atoms with van der Waals surface area (Å²) in [5, 5.41) is 0. The van der Waals surface area contributed by atoms with Gasteiger partial charge in [-0.05, 0) is 46.6 Å². The maximum Gasteiger partial charge on any atom is 0.0224 e. The fourth-order valence-corrected chi connectivity index (χ4v) is 3.40. The molecule has 2 fully saturated rings. The molecular formula is C14H28N2. The van der Waals surface area contributed by atoms with Crippen molar-refractivity contribution in [3.05, 3.63) is 0 Å². The molecule has 0 aromatic heterocycles. The van der Waals surface area contributed by atoms with Gasteiger partial charge in [0.25, 0.3) is 0 Å². The van der Waals surface area contributed by atoms with Gasteiger partial charge < -0.3 is 0 Å². The Morgan fingerprint density at radius 1 is 1.19 bits per heavy atom. The molecule has 0 spiro atoms. The first-order valence-electron chi connectivity index (χ1n) is 7.05. The Balaban J connectivity index is 2.06. The predicted molar refractivity (Wildman–Crippen MR) is 69.8 cm³/mol. The summed E-state index contributed by atoms with van der Waals surface area (Å²) in [5.41, 5.74) is 0.378. The molecule has 2 heteroatoms. The lowest BCUT2D eigenvalue weighted by Gasteiger charge is -2.53. The van der Waals surface area contributed by atoms with Crippen molar-refractivity contribution >= 4 is 0 Å². The number of hydrogen-bond donors (Lipinski definition) is 0.